The zero-order valence-corrected chi connectivity index (χ0v) is 10.1. The third kappa shape index (κ3) is 4.33. The van der Waals surface area contributed by atoms with Gasteiger partial charge in [0.2, 0.25) is 0 Å². The predicted molar refractivity (Wildman–Crippen MR) is 65.2 cm³/mol. The normalized spacial score (nSPS) is 12.5. The Morgan fingerprint density at radius 2 is 2.25 bits per heavy atom. The van der Waals surface area contributed by atoms with Gasteiger partial charge in [-0.2, -0.15) is 0 Å². The Balaban J connectivity index is 2.55. The molecule has 3 heteroatoms. The van der Waals surface area contributed by atoms with Gasteiger partial charge in [0.05, 0.1) is 6.10 Å². The van der Waals surface area contributed by atoms with Gasteiger partial charge in [-0.05, 0) is 43.9 Å². The highest BCUT2D eigenvalue weighted by molar-refractivity contribution is 6.31. The van der Waals surface area contributed by atoms with E-state index in [1.807, 2.05) is 6.92 Å². The van der Waals surface area contributed by atoms with Crippen molar-refractivity contribution in [1.29, 1.82) is 0 Å². The van der Waals surface area contributed by atoms with Crippen molar-refractivity contribution < 1.29 is 9.50 Å². The maximum atomic E-state index is 12.8. The highest BCUT2D eigenvalue weighted by atomic mass is 35.5. The van der Waals surface area contributed by atoms with Crippen molar-refractivity contribution in [1.82, 2.24) is 0 Å². The molecule has 16 heavy (non-hydrogen) atoms. The molecule has 1 aromatic rings. The maximum Gasteiger partial charge on any atom is 0.124 e. The first-order valence-corrected chi connectivity index (χ1v) is 5.63. The summed E-state index contributed by atoms with van der Waals surface area (Å²) in [7, 11) is 0. The smallest absolute Gasteiger partial charge is 0.124 e. The van der Waals surface area contributed by atoms with Gasteiger partial charge < -0.3 is 5.11 Å². The van der Waals surface area contributed by atoms with Crippen LogP contribution >= 0.6 is 11.6 Å². The minimum atomic E-state index is -0.459. The minimum Gasteiger partial charge on any atom is -0.393 e. The first-order valence-electron chi connectivity index (χ1n) is 5.25. The van der Waals surface area contributed by atoms with Gasteiger partial charge in [-0.25, -0.2) is 4.39 Å². The molecule has 0 radical (unpaired) electrons. The summed E-state index contributed by atoms with van der Waals surface area (Å²) in [4.78, 5) is 0. The Hall–Kier alpha value is -0.860. The molecule has 88 valence electrons. The number of allylic oxidation sites excluding steroid dienone is 1. The van der Waals surface area contributed by atoms with Gasteiger partial charge in [0.25, 0.3) is 0 Å². The Labute approximate surface area is 101 Å². The van der Waals surface area contributed by atoms with Crippen LogP contribution < -0.4 is 0 Å². The zero-order valence-electron chi connectivity index (χ0n) is 9.34. The summed E-state index contributed by atoms with van der Waals surface area (Å²) < 4.78 is 12.8. The first kappa shape index (κ1) is 13.2. The topological polar surface area (TPSA) is 20.2 Å². The molecule has 0 amide bonds. The molecule has 0 heterocycles. The standard InChI is InChI=1S/C13H16ClFO/c1-9(2)3-6-12(16)7-10-4-5-11(15)8-13(10)14/h4-5,8,12,16H,1,3,6-7H2,2H3. The van der Waals surface area contributed by atoms with Gasteiger partial charge >= 0.3 is 0 Å². The summed E-state index contributed by atoms with van der Waals surface area (Å²) in [5, 5.41) is 10.1. The van der Waals surface area contributed by atoms with Crippen molar-refractivity contribution in [3.63, 3.8) is 0 Å². The van der Waals surface area contributed by atoms with Gasteiger partial charge in [-0.1, -0.05) is 23.2 Å². The van der Waals surface area contributed by atoms with E-state index in [2.05, 4.69) is 6.58 Å². The average Bonchev–Trinajstić information content (AvgIpc) is 2.19. The molecule has 1 aromatic carbocycles. The molecule has 1 nitrogen and oxygen atoms in total. The molecule has 0 aliphatic carbocycles. The quantitative estimate of drug-likeness (QED) is 0.780. The SMILES string of the molecule is C=C(C)CCC(O)Cc1ccc(F)cc1Cl. The van der Waals surface area contributed by atoms with Crippen molar-refractivity contribution in [3.05, 3.63) is 46.8 Å². The molecule has 0 saturated heterocycles. The lowest BCUT2D eigenvalue weighted by atomic mass is 10.0. The largest absolute Gasteiger partial charge is 0.393 e. The van der Waals surface area contributed by atoms with Crippen LogP contribution in [0, 0.1) is 5.82 Å². The fourth-order valence-corrected chi connectivity index (χ4v) is 1.70. The van der Waals surface area contributed by atoms with Crippen LogP contribution in [0.5, 0.6) is 0 Å². The lowest BCUT2D eigenvalue weighted by molar-refractivity contribution is 0.165. The summed E-state index contributed by atoms with van der Waals surface area (Å²) in [6.45, 7) is 5.70. The highest BCUT2D eigenvalue weighted by Gasteiger charge is 2.09. The molecular formula is C13H16ClFO. The summed E-state index contributed by atoms with van der Waals surface area (Å²) in [5.41, 5.74) is 1.82. The number of aliphatic hydroxyl groups is 1. The van der Waals surface area contributed by atoms with E-state index >= 15 is 0 Å². The van der Waals surface area contributed by atoms with E-state index in [9.17, 15) is 9.50 Å². The Morgan fingerprint density at radius 1 is 1.56 bits per heavy atom. The van der Waals surface area contributed by atoms with E-state index in [-0.39, 0.29) is 5.82 Å². The Kier molecular flexibility index (Phi) is 4.97. The molecule has 0 spiro atoms. The van der Waals surface area contributed by atoms with Gasteiger partial charge in [0.15, 0.2) is 0 Å². The van der Waals surface area contributed by atoms with Crippen LogP contribution in [0.2, 0.25) is 5.02 Å². The van der Waals surface area contributed by atoms with Crippen LogP contribution in [0.15, 0.2) is 30.4 Å². The fraction of sp³-hybridized carbons (Fsp3) is 0.385. The van der Waals surface area contributed by atoms with E-state index in [0.29, 0.717) is 17.9 Å². The number of rotatable bonds is 5. The van der Waals surface area contributed by atoms with E-state index < -0.39 is 6.10 Å². The number of aliphatic hydroxyl groups excluding tert-OH is 1. The second kappa shape index (κ2) is 6.02. The monoisotopic (exact) mass is 242 g/mol. The second-order valence-electron chi connectivity index (χ2n) is 4.09. The van der Waals surface area contributed by atoms with E-state index in [1.54, 1.807) is 6.07 Å². The third-order valence-electron chi connectivity index (χ3n) is 2.37. The van der Waals surface area contributed by atoms with Crippen LogP contribution in [-0.2, 0) is 6.42 Å². The van der Waals surface area contributed by atoms with Crippen molar-refractivity contribution >= 4 is 11.6 Å². The molecule has 1 atom stereocenters. The minimum absolute atomic E-state index is 0.356. The summed E-state index contributed by atoms with van der Waals surface area (Å²) >= 11 is 5.87. The van der Waals surface area contributed by atoms with Gasteiger partial charge in [0.1, 0.15) is 5.82 Å². The molecule has 1 N–H and O–H groups in total. The highest BCUT2D eigenvalue weighted by Crippen LogP contribution is 2.20. The molecule has 0 aliphatic heterocycles. The molecule has 1 rings (SSSR count). The molecule has 0 bridgehead atoms. The predicted octanol–water partition coefficient (Wildman–Crippen LogP) is 3.74. The third-order valence-corrected chi connectivity index (χ3v) is 2.73. The van der Waals surface area contributed by atoms with Crippen molar-refractivity contribution in [3.8, 4) is 0 Å². The van der Waals surface area contributed by atoms with Crippen LogP contribution in [-0.4, -0.2) is 11.2 Å². The van der Waals surface area contributed by atoms with Crippen molar-refractivity contribution in [2.45, 2.75) is 32.3 Å². The fourth-order valence-electron chi connectivity index (χ4n) is 1.46. The lowest BCUT2D eigenvalue weighted by Crippen LogP contribution is -2.10. The first-order chi connectivity index (χ1) is 7.49. The van der Waals surface area contributed by atoms with E-state index in [0.717, 1.165) is 17.6 Å². The molecular weight excluding hydrogens is 227 g/mol. The summed E-state index contributed by atoms with van der Waals surface area (Å²) in [6.07, 6.45) is 1.44. The zero-order chi connectivity index (χ0) is 12.1. The van der Waals surface area contributed by atoms with Gasteiger partial charge in [-0.3, -0.25) is 0 Å². The van der Waals surface area contributed by atoms with Gasteiger partial charge in [-0.15, -0.1) is 6.58 Å². The van der Waals surface area contributed by atoms with Crippen LogP contribution in [0.4, 0.5) is 4.39 Å². The second-order valence-corrected chi connectivity index (χ2v) is 4.50. The number of benzene rings is 1. The van der Waals surface area contributed by atoms with Gasteiger partial charge in [0, 0.05) is 5.02 Å². The Morgan fingerprint density at radius 3 is 2.81 bits per heavy atom. The molecule has 0 saturated carbocycles. The van der Waals surface area contributed by atoms with Crippen molar-refractivity contribution in [2.24, 2.45) is 0 Å². The van der Waals surface area contributed by atoms with E-state index in [4.69, 9.17) is 11.6 Å². The number of hydrogen-bond donors (Lipinski definition) is 1. The molecule has 1 unspecified atom stereocenters. The number of hydrogen-bond acceptors (Lipinski definition) is 1. The van der Waals surface area contributed by atoms with Crippen LogP contribution in [0.1, 0.15) is 25.3 Å². The lowest BCUT2D eigenvalue weighted by Gasteiger charge is -2.11. The molecule has 0 aromatic heterocycles. The van der Waals surface area contributed by atoms with Crippen LogP contribution in [0.25, 0.3) is 0 Å². The molecule has 0 aliphatic rings. The Bertz CT molecular complexity index is 376. The van der Waals surface area contributed by atoms with E-state index in [1.165, 1.54) is 12.1 Å². The van der Waals surface area contributed by atoms with Crippen LogP contribution in [0.3, 0.4) is 0 Å². The summed E-state index contributed by atoms with van der Waals surface area (Å²) in [6, 6.07) is 4.23. The van der Waals surface area contributed by atoms with Crippen molar-refractivity contribution in [2.75, 3.05) is 0 Å². The maximum absolute atomic E-state index is 12.8. The summed E-state index contributed by atoms with van der Waals surface area (Å²) in [5.74, 6) is -0.356. The average molecular weight is 243 g/mol. The number of halogens is 2. The molecule has 0 fully saturated rings.